The number of carbonyl (C=O) groups is 1. The van der Waals surface area contributed by atoms with Gasteiger partial charge in [0.1, 0.15) is 10.7 Å². The Morgan fingerprint density at radius 1 is 1.19 bits per heavy atom. The molecule has 2 aromatic carbocycles. The molecule has 136 valence electrons. The summed E-state index contributed by atoms with van der Waals surface area (Å²) in [5.41, 5.74) is 8.62. The van der Waals surface area contributed by atoms with Crippen molar-refractivity contribution < 1.29 is 18.3 Å². The molecule has 7 heteroatoms. The predicted molar refractivity (Wildman–Crippen MR) is 98.5 cm³/mol. The molecule has 0 aliphatic heterocycles. The highest BCUT2D eigenvalue weighted by Gasteiger charge is 2.23. The quantitative estimate of drug-likeness (QED) is 0.781. The van der Waals surface area contributed by atoms with Gasteiger partial charge in [0.25, 0.3) is 5.91 Å². The Bertz CT molecular complexity index is 825. The summed E-state index contributed by atoms with van der Waals surface area (Å²) in [5.74, 6) is -0.0654. The van der Waals surface area contributed by atoms with Crippen LogP contribution in [0.1, 0.15) is 45.9 Å². The number of aryl methyl sites for hydroxylation is 1. The van der Waals surface area contributed by atoms with Crippen LogP contribution in [-0.2, 0) is 6.42 Å². The molecule has 1 amide bonds. The van der Waals surface area contributed by atoms with Crippen molar-refractivity contribution in [3.8, 4) is 5.75 Å². The van der Waals surface area contributed by atoms with Crippen LogP contribution in [0.25, 0.3) is 0 Å². The number of carbonyl (C=O) groups excluding carboxylic acids is 1. The summed E-state index contributed by atoms with van der Waals surface area (Å²) in [7, 11) is 0. The molecule has 0 fully saturated rings. The number of halogens is 2. The number of nitrogens with one attached hydrogen (secondary N) is 1. The minimum Gasteiger partial charge on any atom is -0.435 e. The van der Waals surface area contributed by atoms with Crippen LogP contribution >= 0.6 is 12.2 Å². The molecule has 1 atom stereocenters. The largest absolute Gasteiger partial charge is 0.435 e. The molecule has 0 heterocycles. The molecule has 0 radical (unpaired) electrons. The summed E-state index contributed by atoms with van der Waals surface area (Å²) < 4.78 is 29.2. The fourth-order valence-corrected chi connectivity index (χ4v) is 3.28. The number of amides is 1. The standard InChI is InChI=1S/C19H18F2N2O2S/c20-19(21)25-14-8-9-15-13(10-14)2-1-3-16(15)23-18(24)12-6-4-11(5-7-12)17(22)26/h4-10,16,19H,1-3H2,(H2,22,26)(H,23,24). The fraction of sp³-hybridized carbons (Fsp3) is 0.263. The van der Waals surface area contributed by atoms with Gasteiger partial charge in [-0.05, 0) is 54.7 Å². The highest BCUT2D eigenvalue weighted by atomic mass is 32.1. The van der Waals surface area contributed by atoms with Crippen molar-refractivity contribution in [3.63, 3.8) is 0 Å². The Morgan fingerprint density at radius 2 is 1.88 bits per heavy atom. The van der Waals surface area contributed by atoms with Crippen LogP contribution in [0.5, 0.6) is 5.75 Å². The summed E-state index contributed by atoms with van der Waals surface area (Å²) in [6.45, 7) is -2.85. The molecule has 26 heavy (non-hydrogen) atoms. The van der Waals surface area contributed by atoms with Crippen molar-refractivity contribution in [1.82, 2.24) is 5.32 Å². The van der Waals surface area contributed by atoms with Gasteiger partial charge in [0.2, 0.25) is 0 Å². The number of hydrogen-bond acceptors (Lipinski definition) is 3. The zero-order valence-electron chi connectivity index (χ0n) is 13.9. The van der Waals surface area contributed by atoms with Crippen molar-refractivity contribution in [2.24, 2.45) is 5.73 Å². The van der Waals surface area contributed by atoms with Gasteiger partial charge >= 0.3 is 6.61 Å². The molecule has 0 aromatic heterocycles. The number of rotatable bonds is 5. The van der Waals surface area contributed by atoms with Gasteiger partial charge in [-0.25, -0.2) is 0 Å². The SMILES string of the molecule is NC(=S)c1ccc(C(=O)NC2CCCc3cc(OC(F)F)ccc32)cc1. The molecule has 0 spiro atoms. The van der Waals surface area contributed by atoms with Crippen LogP contribution in [0, 0.1) is 0 Å². The van der Waals surface area contributed by atoms with Crippen molar-refractivity contribution in [3.05, 3.63) is 64.7 Å². The van der Waals surface area contributed by atoms with Gasteiger partial charge in [-0.15, -0.1) is 0 Å². The minimum atomic E-state index is -2.85. The van der Waals surface area contributed by atoms with Gasteiger partial charge in [0.15, 0.2) is 0 Å². The van der Waals surface area contributed by atoms with Gasteiger partial charge in [-0.2, -0.15) is 8.78 Å². The monoisotopic (exact) mass is 376 g/mol. The van der Waals surface area contributed by atoms with E-state index in [1.165, 1.54) is 6.07 Å². The van der Waals surface area contributed by atoms with E-state index >= 15 is 0 Å². The summed E-state index contributed by atoms with van der Waals surface area (Å²) in [6, 6.07) is 11.5. The van der Waals surface area contributed by atoms with Crippen LogP contribution in [0.3, 0.4) is 0 Å². The number of hydrogen-bond donors (Lipinski definition) is 2. The number of benzene rings is 2. The average Bonchev–Trinajstić information content (AvgIpc) is 2.61. The highest BCUT2D eigenvalue weighted by molar-refractivity contribution is 7.80. The normalized spacial score (nSPS) is 16.0. The second-order valence-corrected chi connectivity index (χ2v) is 6.54. The average molecular weight is 376 g/mol. The van der Waals surface area contributed by atoms with Crippen LogP contribution in [0.15, 0.2) is 42.5 Å². The van der Waals surface area contributed by atoms with Crippen molar-refractivity contribution in [1.29, 1.82) is 0 Å². The van der Waals surface area contributed by atoms with Gasteiger partial charge in [-0.3, -0.25) is 4.79 Å². The van der Waals surface area contributed by atoms with Crippen LogP contribution < -0.4 is 15.8 Å². The number of alkyl halides is 2. The third kappa shape index (κ3) is 4.16. The molecular formula is C19H18F2N2O2S. The van der Waals surface area contributed by atoms with Crippen LogP contribution in [0.2, 0.25) is 0 Å². The van der Waals surface area contributed by atoms with E-state index in [2.05, 4.69) is 10.1 Å². The maximum Gasteiger partial charge on any atom is 0.387 e. The molecule has 2 aromatic rings. The highest BCUT2D eigenvalue weighted by Crippen LogP contribution is 2.32. The second kappa shape index (κ2) is 7.78. The Balaban J connectivity index is 1.75. The molecule has 4 nitrogen and oxygen atoms in total. The first-order chi connectivity index (χ1) is 12.4. The van der Waals surface area contributed by atoms with Crippen LogP contribution in [-0.4, -0.2) is 17.5 Å². The van der Waals surface area contributed by atoms with Gasteiger partial charge < -0.3 is 15.8 Å². The fourth-order valence-electron chi connectivity index (χ4n) is 3.14. The summed E-state index contributed by atoms with van der Waals surface area (Å²) in [5, 5.41) is 3.01. The molecular weight excluding hydrogens is 358 g/mol. The smallest absolute Gasteiger partial charge is 0.387 e. The Hall–Kier alpha value is -2.54. The van der Waals surface area contributed by atoms with E-state index in [0.29, 0.717) is 11.1 Å². The van der Waals surface area contributed by atoms with E-state index in [4.69, 9.17) is 18.0 Å². The third-order valence-electron chi connectivity index (χ3n) is 4.39. The molecule has 1 aliphatic carbocycles. The minimum absolute atomic E-state index is 0.138. The van der Waals surface area contributed by atoms with Crippen molar-refractivity contribution in [2.75, 3.05) is 0 Å². The number of thiocarbonyl (C=S) groups is 1. The molecule has 0 saturated carbocycles. The first-order valence-electron chi connectivity index (χ1n) is 8.22. The lowest BCUT2D eigenvalue weighted by Crippen LogP contribution is -2.31. The van der Waals surface area contributed by atoms with Crippen molar-refractivity contribution in [2.45, 2.75) is 31.9 Å². The van der Waals surface area contributed by atoms with E-state index < -0.39 is 6.61 Å². The molecule has 3 rings (SSSR count). The molecule has 0 bridgehead atoms. The first-order valence-corrected chi connectivity index (χ1v) is 8.63. The molecule has 3 N–H and O–H groups in total. The number of nitrogens with two attached hydrogens (primary N) is 1. The lowest BCUT2D eigenvalue weighted by Gasteiger charge is -2.27. The summed E-state index contributed by atoms with van der Waals surface area (Å²) in [6.07, 6.45) is 2.42. The van der Waals surface area contributed by atoms with Gasteiger partial charge in [-0.1, -0.05) is 30.4 Å². The van der Waals surface area contributed by atoms with Gasteiger partial charge in [0, 0.05) is 11.1 Å². The van der Waals surface area contributed by atoms with E-state index in [0.717, 1.165) is 30.4 Å². The lowest BCUT2D eigenvalue weighted by molar-refractivity contribution is -0.0499. The number of fused-ring (bicyclic) bond motifs is 1. The van der Waals surface area contributed by atoms with E-state index in [9.17, 15) is 13.6 Å². The van der Waals surface area contributed by atoms with E-state index in [1.807, 2.05) is 0 Å². The Kier molecular flexibility index (Phi) is 5.46. The predicted octanol–water partition coefficient (Wildman–Crippen LogP) is 3.73. The maximum atomic E-state index is 12.5. The third-order valence-corrected chi connectivity index (χ3v) is 4.63. The van der Waals surface area contributed by atoms with Crippen LogP contribution in [0.4, 0.5) is 8.78 Å². The molecule has 1 unspecified atom stereocenters. The maximum absolute atomic E-state index is 12.5. The topological polar surface area (TPSA) is 64.4 Å². The van der Waals surface area contributed by atoms with E-state index in [-0.39, 0.29) is 22.7 Å². The zero-order valence-corrected chi connectivity index (χ0v) is 14.7. The molecule has 1 aliphatic rings. The van der Waals surface area contributed by atoms with E-state index in [1.54, 1.807) is 36.4 Å². The zero-order chi connectivity index (χ0) is 18.7. The summed E-state index contributed by atoms with van der Waals surface area (Å²) >= 11 is 4.90. The Morgan fingerprint density at radius 3 is 2.54 bits per heavy atom. The lowest BCUT2D eigenvalue weighted by atomic mass is 9.87. The van der Waals surface area contributed by atoms with Crippen molar-refractivity contribution >= 4 is 23.1 Å². The molecule has 0 saturated heterocycles. The Labute approximate surface area is 155 Å². The second-order valence-electron chi connectivity index (χ2n) is 6.10. The number of ether oxygens (including phenoxy) is 1. The van der Waals surface area contributed by atoms with Gasteiger partial charge in [0.05, 0.1) is 6.04 Å². The first kappa shape index (κ1) is 18.3. The summed E-state index contributed by atoms with van der Waals surface area (Å²) in [4.78, 5) is 12.8.